The Morgan fingerprint density at radius 2 is 1.12 bits per heavy atom. The van der Waals surface area contributed by atoms with Crippen molar-refractivity contribution in [3.63, 3.8) is 0 Å². The maximum atomic E-state index is 13.1. The molecule has 0 N–H and O–H groups in total. The lowest BCUT2D eigenvalue weighted by atomic mass is 10.1. The third kappa shape index (κ3) is 6.98. The average Bonchev–Trinajstić information content (AvgIpc) is 2.49. The molecule has 0 spiro atoms. The van der Waals surface area contributed by atoms with Gasteiger partial charge in [-0.1, -0.05) is 68.3 Å². The highest BCUT2D eigenvalue weighted by molar-refractivity contribution is 9.10. The Morgan fingerprint density at radius 1 is 0.760 bits per heavy atom. The minimum absolute atomic E-state index is 0.107. The number of amides is 1. The molecule has 0 heterocycles. The molecule has 0 aliphatic rings. The number of carbonyl (C=O) groups excluding carboxylic acids is 1. The van der Waals surface area contributed by atoms with Gasteiger partial charge in [-0.3, -0.25) is 4.79 Å². The van der Waals surface area contributed by atoms with Crippen LogP contribution < -0.4 is 0 Å². The molecule has 0 aromatic carbocycles. The largest absolute Gasteiger partial charge is 0.421 e. The Hall–Kier alpha value is -0.470. The smallest absolute Gasteiger partial charge is 0.341 e. The van der Waals surface area contributed by atoms with Gasteiger partial charge >= 0.3 is 12.4 Å². The second-order valence-corrected chi connectivity index (χ2v) is 7.26. The summed E-state index contributed by atoms with van der Waals surface area (Å²) in [6.07, 6.45) is -6.09. The fourth-order valence-electron chi connectivity index (χ4n) is 2.39. The van der Waals surface area contributed by atoms with E-state index in [1.165, 1.54) is 0 Å². The van der Waals surface area contributed by atoms with E-state index in [2.05, 4.69) is 0 Å². The Morgan fingerprint density at radius 3 is 1.40 bits per heavy atom. The van der Waals surface area contributed by atoms with Crippen molar-refractivity contribution in [3.8, 4) is 0 Å². The molecule has 0 aromatic heterocycles. The zero-order valence-corrected chi connectivity index (χ0v) is 16.2. The van der Waals surface area contributed by atoms with Crippen molar-refractivity contribution in [2.45, 2.75) is 81.9 Å². The quantitative estimate of drug-likeness (QED) is 0.211. The minimum atomic E-state index is -5.77. The lowest BCUT2D eigenvalue weighted by Gasteiger charge is -2.35. The maximum Gasteiger partial charge on any atom is 0.421 e. The van der Waals surface area contributed by atoms with Gasteiger partial charge in [-0.15, -0.1) is 0 Å². The van der Waals surface area contributed by atoms with Crippen LogP contribution in [0.3, 0.4) is 0 Å². The van der Waals surface area contributed by atoms with Crippen LogP contribution in [0.25, 0.3) is 0 Å². The summed E-state index contributed by atoms with van der Waals surface area (Å²) in [5.74, 6) is -1.97. The summed E-state index contributed by atoms with van der Waals surface area (Å²) in [6.45, 7) is 3.66. The van der Waals surface area contributed by atoms with Crippen LogP contribution in [-0.2, 0) is 4.79 Å². The molecule has 0 aliphatic carbocycles. The van der Waals surface area contributed by atoms with Crippen LogP contribution in [0, 0.1) is 0 Å². The number of nitrogens with zero attached hydrogens (tertiary/aromatic N) is 1. The monoisotopic (exact) mass is 441 g/mol. The summed E-state index contributed by atoms with van der Waals surface area (Å²) >= 11 is 1.70. The fraction of sp³-hybridized carbons (Fsp3) is 0.938. The minimum Gasteiger partial charge on any atom is -0.341 e. The van der Waals surface area contributed by atoms with Crippen molar-refractivity contribution < 1.29 is 31.1 Å². The van der Waals surface area contributed by atoms with Crippen LogP contribution in [0.4, 0.5) is 26.3 Å². The maximum absolute atomic E-state index is 13.1. The first kappa shape index (κ1) is 24.5. The number of hydrogen-bond donors (Lipinski definition) is 0. The Balaban J connectivity index is 5.30. The summed E-state index contributed by atoms with van der Waals surface area (Å²) in [7, 11) is 0. The second-order valence-electron chi connectivity index (χ2n) is 6.07. The van der Waals surface area contributed by atoms with Gasteiger partial charge in [0, 0.05) is 13.1 Å². The van der Waals surface area contributed by atoms with Gasteiger partial charge in [-0.25, -0.2) is 0 Å². The van der Waals surface area contributed by atoms with E-state index in [0.717, 1.165) is 25.7 Å². The molecule has 0 saturated heterocycles. The highest BCUT2D eigenvalue weighted by Crippen LogP contribution is 2.50. The first-order chi connectivity index (χ1) is 11.4. The first-order valence-corrected chi connectivity index (χ1v) is 9.34. The van der Waals surface area contributed by atoms with Gasteiger partial charge in [0.15, 0.2) is 0 Å². The molecule has 25 heavy (non-hydrogen) atoms. The van der Waals surface area contributed by atoms with Crippen LogP contribution in [0.5, 0.6) is 0 Å². The van der Waals surface area contributed by atoms with Gasteiger partial charge in [0.25, 0.3) is 10.2 Å². The second kappa shape index (κ2) is 10.6. The number of rotatable bonds is 11. The van der Waals surface area contributed by atoms with Gasteiger partial charge in [0.1, 0.15) is 0 Å². The lowest BCUT2D eigenvalue weighted by molar-refractivity contribution is -0.258. The van der Waals surface area contributed by atoms with Gasteiger partial charge < -0.3 is 4.90 Å². The van der Waals surface area contributed by atoms with E-state index in [0.29, 0.717) is 30.6 Å². The Kier molecular flexibility index (Phi) is 10.4. The van der Waals surface area contributed by atoms with E-state index >= 15 is 0 Å². The molecule has 0 atom stereocenters. The third-order valence-electron chi connectivity index (χ3n) is 3.93. The van der Waals surface area contributed by atoms with Crippen LogP contribution in [0.15, 0.2) is 0 Å². The predicted molar refractivity (Wildman–Crippen MR) is 88.6 cm³/mol. The summed E-state index contributed by atoms with van der Waals surface area (Å²) in [4.78, 5) is 12.9. The molecule has 0 saturated carbocycles. The van der Waals surface area contributed by atoms with Crippen LogP contribution >= 0.6 is 15.9 Å². The van der Waals surface area contributed by atoms with Crippen molar-refractivity contribution in [2.24, 2.45) is 0 Å². The summed E-state index contributed by atoms with van der Waals surface area (Å²) in [5.41, 5.74) is 0. The van der Waals surface area contributed by atoms with Gasteiger partial charge in [-0.2, -0.15) is 26.3 Å². The van der Waals surface area contributed by atoms with Crippen molar-refractivity contribution in [1.82, 2.24) is 4.90 Å². The lowest BCUT2D eigenvalue weighted by Crippen LogP contribution is -2.62. The molecule has 0 rings (SSSR count). The van der Waals surface area contributed by atoms with E-state index in [1.807, 2.05) is 13.8 Å². The van der Waals surface area contributed by atoms with Gasteiger partial charge in [0.05, 0.1) is 0 Å². The fourth-order valence-corrected chi connectivity index (χ4v) is 2.65. The van der Waals surface area contributed by atoms with Crippen molar-refractivity contribution >= 4 is 21.8 Å². The van der Waals surface area contributed by atoms with E-state index in [1.54, 1.807) is 15.9 Å². The molecule has 0 bridgehead atoms. The molecule has 9 heteroatoms. The first-order valence-electron chi connectivity index (χ1n) is 8.55. The van der Waals surface area contributed by atoms with Crippen molar-refractivity contribution in [1.29, 1.82) is 0 Å². The molecule has 0 fully saturated rings. The molecule has 1 amide bonds. The summed E-state index contributed by atoms with van der Waals surface area (Å²) in [5, 5.41) is 0. The molecular formula is C16H26BrF6NO. The summed E-state index contributed by atoms with van der Waals surface area (Å²) in [6, 6.07) is 0. The van der Waals surface area contributed by atoms with E-state index in [9.17, 15) is 31.1 Å². The van der Waals surface area contributed by atoms with E-state index in [-0.39, 0.29) is 13.1 Å². The van der Waals surface area contributed by atoms with Crippen LogP contribution in [0.2, 0.25) is 0 Å². The molecule has 0 unspecified atom stereocenters. The van der Waals surface area contributed by atoms with E-state index in [4.69, 9.17) is 0 Å². The highest BCUT2D eigenvalue weighted by atomic mass is 79.9. The van der Waals surface area contributed by atoms with Gasteiger partial charge in [0.2, 0.25) is 0 Å². The molecule has 0 radical (unpaired) electrons. The zero-order chi connectivity index (χ0) is 19.7. The van der Waals surface area contributed by atoms with Crippen molar-refractivity contribution in [3.05, 3.63) is 0 Å². The third-order valence-corrected chi connectivity index (χ3v) is 5.16. The average molecular weight is 442 g/mol. The Labute approximate surface area is 153 Å². The Bertz CT molecular complexity index is 371. The number of alkyl halides is 7. The number of carbonyl (C=O) groups is 1. The molecular weight excluding hydrogens is 416 g/mol. The molecule has 0 aromatic rings. The topological polar surface area (TPSA) is 20.3 Å². The number of hydrogen-bond acceptors (Lipinski definition) is 1. The molecule has 150 valence electrons. The normalized spacial score (nSPS) is 13.2. The standard InChI is InChI=1S/C16H26BrF6NO/c1-3-5-7-9-11-24(12-10-8-6-4-2)13(25)14(17,15(18,19)20)16(21,22)23/h3-12H2,1-2H3. The number of halogens is 7. The summed E-state index contributed by atoms with van der Waals surface area (Å²) < 4.78 is 73.9. The van der Waals surface area contributed by atoms with Gasteiger partial charge in [-0.05, 0) is 12.8 Å². The molecule has 2 nitrogen and oxygen atoms in total. The van der Waals surface area contributed by atoms with Crippen LogP contribution in [0.1, 0.15) is 65.2 Å². The SMILES string of the molecule is CCCCCCN(CCCCCC)C(=O)C(Br)(C(F)(F)F)C(F)(F)F. The predicted octanol–water partition coefficient (Wildman–Crippen LogP) is 6.23. The van der Waals surface area contributed by atoms with E-state index < -0.39 is 22.6 Å². The van der Waals surface area contributed by atoms with Crippen molar-refractivity contribution in [2.75, 3.05) is 13.1 Å². The molecule has 0 aliphatic heterocycles. The van der Waals surface area contributed by atoms with Crippen LogP contribution in [-0.4, -0.2) is 40.6 Å². The highest BCUT2D eigenvalue weighted by Gasteiger charge is 2.75. The zero-order valence-electron chi connectivity index (χ0n) is 14.6. The number of unbranched alkanes of at least 4 members (excludes halogenated alkanes) is 6.